The van der Waals surface area contributed by atoms with Crippen LogP contribution in [-0.4, -0.2) is 24.4 Å². The van der Waals surface area contributed by atoms with E-state index in [9.17, 15) is 0 Å². The Kier molecular flexibility index (Phi) is 4.35. The smallest absolute Gasteiger partial charge is 0.0803 e. The molecule has 1 aliphatic carbocycles. The fourth-order valence-electron chi connectivity index (χ4n) is 2.03. The molecule has 0 fully saturated rings. The molecule has 2 heteroatoms. The molecule has 0 aromatic carbocycles. The second-order valence-electron chi connectivity index (χ2n) is 5.09. The number of ether oxygens (including phenoxy) is 1. The maximum absolute atomic E-state index is 9.04. The van der Waals surface area contributed by atoms with Crippen LogP contribution in [0.25, 0.3) is 0 Å². The van der Waals surface area contributed by atoms with Crippen molar-refractivity contribution in [1.82, 2.24) is 0 Å². The van der Waals surface area contributed by atoms with Crippen LogP contribution in [0.2, 0.25) is 0 Å². The minimum absolute atomic E-state index is 0.0155. The van der Waals surface area contributed by atoms with Crippen LogP contribution in [0.5, 0.6) is 0 Å². The molecular weight excluding hydrogens is 188 g/mol. The Balaban J connectivity index is 2.41. The lowest BCUT2D eigenvalue weighted by atomic mass is 9.78. The summed E-state index contributed by atoms with van der Waals surface area (Å²) in [6.45, 7) is 9.70. The number of rotatable bonds is 5. The van der Waals surface area contributed by atoms with Crippen molar-refractivity contribution in [3.8, 4) is 0 Å². The van der Waals surface area contributed by atoms with Crippen molar-refractivity contribution in [2.24, 2.45) is 11.3 Å². The van der Waals surface area contributed by atoms with Crippen molar-refractivity contribution < 1.29 is 9.84 Å². The predicted octanol–water partition coefficient (Wildman–Crippen LogP) is 2.77. The molecule has 88 valence electrons. The molecule has 0 saturated heterocycles. The summed E-state index contributed by atoms with van der Waals surface area (Å²) < 4.78 is 5.72. The first-order valence-electron chi connectivity index (χ1n) is 5.92. The highest BCUT2D eigenvalue weighted by molar-refractivity contribution is 5.18. The van der Waals surface area contributed by atoms with Crippen molar-refractivity contribution in [3.63, 3.8) is 0 Å². The summed E-state index contributed by atoms with van der Waals surface area (Å²) in [5.41, 5.74) is 1.72. The van der Waals surface area contributed by atoms with E-state index in [0.717, 1.165) is 19.4 Å². The van der Waals surface area contributed by atoms with Gasteiger partial charge in [-0.15, -0.1) is 0 Å². The first-order valence-corrected chi connectivity index (χ1v) is 5.92. The van der Waals surface area contributed by atoms with Gasteiger partial charge in [-0.25, -0.2) is 0 Å². The lowest BCUT2D eigenvalue weighted by Crippen LogP contribution is -2.28. The molecule has 0 aliphatic heterocycles. The van der Waals surface area contributed by atoms with Crippen LogP contribution in [0.15, 0.2) is 11.6 Å². The molecule has 0 radical (unpaired) electrons. The first kappa shape index (κ1) is 12.7. The van der Waals surface area contributed by atoms with Crippen LogP contribution in [0.4, 0.5) is 0 Å². The lowest BCUT2D eigenvalue weighted by Gasteiger charge is -2.30. The Morgan fingerprint density at radius 2 is 2.27 bits per heavy atom. The number of hydrogen-bond acceptors (Lipinski definition) is 2. The largest absolute Gasteiger partial charge is 0.394 e. The maximum Gasteiger partial charge on any atom is 0.0803 e. The molecule has 1 N–H and O–H groups in total. The molecule has 15 heavy (non-hydrogen) atoms. The normalized spacial score (nSPS) is 26.5. The molecule has 2 atom stereocenters. The minimum Gasteiger partial charge on any atom is -0.394 e. The van der Waals surface area contributed by atoms with Crippen LogP contribution in [0.1, 0.15) is 40.5 Å². The van der Waals surface area contributed by atoms with E-state index in [2.05, 4.69) is 26.8 Å². The number of aliphatic hydroxyl groups is 1. The first-order chi connectivity index (χ1) is 7.02. The zero-order valence-corrected chi connectivity index (χ0v) is 10.4. The topological polar surface area (TPSA) is 29.5 Å². The van der Waals surface area contributed by atoms with Gasteiger partial charge >= 0.3 is 0 Å². The van der Waals surface area contributed by atoms with Crippen molar-refractivity contribution in [1.29, 1.82) is 0 Å². The summed E-state index contributed by atoms with van der Waals surface area (Å²) in [5.74, 6) is 0.568. The summed E-state index contributed by atoms with van der Waals surface area (Å²) in [7, 11) is 0. The highest BCUT2D eigenvalue weighted by Gasteiger charge is 2.35. The molecular formula is C13H24O2. The zero-order valence-electron chi connectivity index (χ0n) is 10.4. The van der Waals surface area contributed by atoms with Gasteiger partial charge in [-0.05, 0) is 31.1 Å². The second-order valence-corrected chi connectivity index (χ2v) is 5.09. The third kappa shape index (κ3) is 2.82. The average molecular weight is 212 g/mol. The molecule has 1 aliphatic rings. The van der Waals surface area contributed by atoms with E-state index in [4.69, 9.17) is 9.84 Å². The Labute approximate surface area is 93.3 Å². The van der Waals surface area contributed by atoms with E-state index >= 15 is 0 Å². The molecule has 0 aromatic heterocycles. The van der Waals surface area contributed by atoms with E-state index in [1.807, 2.05) is 6.92 Å². The molecule has 0 spiro atoms. The van der Waals surface area contributed by atoms with Crippen LogP contribution in [0.3, 0.4) is 0 Å². The quantitative estimate of drug-likeness (QED) is 0.710. The van der Waals surface area contributed by atoms with E-state index in [1.54, 1.807) is 0 Å². The fourth-order valence-corrected chi connectivity index (χ4v) is 2.03. The molecule has 1 rings (SSSR count). The Bertz CT molecular complexity index is 227. The van der Waals surface area contributed by atoms with E-state index in [1.165, 1.54) is 5.57 Å². The van der Waals surface area contributed by atoms with Crippen molar-refractivity contribution in [2.45, 2.75) is 46.6 Å². The highest BCUT2D eigenvalue weighted by Crippen LogP contribution is 2.43. The van der Waals surface area contributed by atoms with Gasteiger partial charge in [0, 0.05) is 0 Å². The molecule has 0 aromatic rings. The number of hydrogen-bond donors (Lipinski definition) is 1. The summed E-state index contributed by atoms with van der Waals surface area (Å²) in [6, 6.07) is 0. The fraction of sp³-hybridized carbons (Fsp3) is 0.846. The van der Waals surface area contributed by atoms with Gasteiger partial charge < -0.3 is 9.84 Å². The van der Waals surface area contributed by atoms with Crippen LogP contribution in [-0.2, 0) is 4.74 Å². The number of aliphatic hydroxyl groups excluding tert-OH is 1. The van der Waals surface area contributed by atoms with Crippen molar-refractivity contribution >= 4 is 0 Å². The molecule has 2 nitrogen and oxygen atoms in total. The highest BCUT2D eigenvalue weighted by atomic mass is 16.5. The molecule has 0 bridgehead atoms. The Morgan fingerprint density at radius 3 is 2.67 bits per heavy atom. The maximum atomic E-state index is 9.04. The Hall–Kier alpha value is -0.340. The molecule has 0 heterocycles. The summed E-state index contributed by atoms with van der Waals surface area (Å²) in [6.07, 6.45) is 4.33. The van der Waals surface area contributed by atoms with Crippen molar-refractivity contribution in [3.05, 3.63) is 11.6 Å². The van der Waals surface area contributed by atoms with Gasteiger partial charge in [-0.1, -0.05) is 32.4 Å². The monoisotopic (exact) mass is 212 g/mol. The Morgan fingerprint density at radius 1 is 1.60 bits per heavy atom. The molecule has 0 saturated carbocycles. The van der Waals surface area contributed by atoms with E-state index in [0.29, 0.717) is 5.92 Å². The SMILES string of the molecule is CCC(CO)OCC1CC=C(C)C1(C)C. The second kappa shape index (κ2) is 5.13. The van der Waals surface area contributed by atoms with Gasteiger partial charge in [0.25, 0.3) is 0 Å². The standard InChI is InChI=1S/C13H24O2/c1-5-12(8-14)15-9-11-7-6-10(2)13(11,3)4/h6,11-12,14H,5,7-9H2,1-4H3. The van der Waals surface area contributed by atoms with Crippen molar-refractivity contribution in [2.75, 3.05) is 13.2 Å². The van der Waals surface area contributed by atoms with Gasteiger partial charge in [0.15, 0.2) is 0 Å². The van der Waals surface area contributed by atoms with Crippen LogP contribution in [0, 0.1) is 11.3 Å². The molecule has 2 unspecified atom stereocenters. The van der Waals surface area contributed by atoms with Gasteiger partial charge in [0.05, 0.1) is 19.3 Å². The average Bonchev–Trinajstić information content (AvgIpc) is 2.45. The van der Waals surface area contributed by atoms with Gasteiger partial charge in [-0.2, -0.15) is 0 Å². The van der Waals surface area contributed by atoms with E-state index < -0.39 is 0 Å². The number of allylic oxidation sites excluding steroid dienone is 2. The summed E-state index contributed by atoms with van der Waals surface area (Å²) >= 11 is 0. The third-order valence-electron chi connectivity index (χ3n) is 3.94. The molecule has 0 amide bonds. The predicted molar refractivity (Wildman–Crippen MR) is 62.8 cm³/mol. The van der Waals surface area contributed by atoms with Gasteiger partial charge in [0.2, 0.25) is 0 Å². The van der Waals surface area contributed by atoms with Gasteiger partial charge in [-0.3, -0.25) is 0 Å². The summed E-state index contributed by atoms with van der Waals surface area (Å²) in [5, 5.41) is 9.04. The lowest BCUT2D eigenvalue weighted by molar-refractivity contribution is -0.0194. The third-order valence-corrected chi connectivity index (χ3v) is 3.94. The van der Waals surface area contributed by atoms with Gasteiger partial charge in [0.1, 0.15) is 0 Å². The minimum atomic E-state index is 0.0155. The zero-order chi connectivity index (χ0) is 11.5. The van der Waals surface area contributed by atoms with E-state index in [-0.39, 0.29) is 18.1 Å². The summed E-state index contributed by atoms with van der Waals surface area (Å²) in [4.78, 5) is 0. The van der Waals surface area contributed by atoms with Crippen LogP contribution < -0.4 is 0 Å². The van der Waals surface area contributed by atoms with Crippen LogP contribution >= 0.6 is 0 Å².